The van der Waals surface area contributed by atoms with Crippen molar-refractivity contribution in [2.75, 3.05) is 13.7 Å². The van der Waals surface area contributed by atoms with Gasteiger partial charge < -0.3 is 9.47 Å². The molecule has 80 valence electrons. The maximum Gasteiger partial charge on any atom is 0.343 e. The Bertz CT molecular complexity index is 361. The summed E-state index contributed by atoms with van der Waals surface area (Å²) in [6, 6.07) is 3.34. The molecule has 2 rings (SSSR count). The van der Waals surface area contributed by atoms with Crippen LogP contribution in [0.25, 0.3) is 0 Å². The molecule has 1 aliphatic carbocycles. The van der Waals surface area contributed by atoms with E-state index in [2.05, 4.69) is 9.72 Å². The molecule has 0 spiro atoms. The molecule has 1 saturated carbocycles. The van der Waals surface area contributed by atoms with Crippen LogP contribution in [-0.4, -0.2) is 24.7 Å². The average Bonchev–Trinajstić information content (AvgIpc) is 3.09. The minimum absolute atomic E-state index is 0.372. The van der Waals surface area contributed by atoms with Gasteiger partial charge in [-0.15, -0.1) is 0 Å². The number of pyridine rings is 1. The summed E-state index contributed by atoms with van der Waals surface area (Å²) in [5.74, 6) is 0.600. The number of ether oxygens (including phenoxy) is 2. The largest absolute Gasteiger partial charge is 0.477 e. The lowest BCUT2D eigenvalue weighted by Gasteiger charge is -2.07. The monoisotopic (exact) mass is 207 g/mol. The number of nitrogens with zero attached hydrogens (tertiary/aromatic N) is 1. The zero-order valence-corrected chi connectivity index (χ0v) is 8.60. The number of carbonyl (C=O) groups is 1. The highest BCUT2D eigenvalue weighted by Crippen LogP contribution is 2.29. The molecule has 0 unspecified atom stereocenters. The number of carbonyl (C=O) groups excluding carboxylic acids is 1. The molecule has 0 N–H and O–H groups in total. The Morgan fingerprint density at radius 2 is 2.40 bits per heavy atom. The van der Waals surface area contributed by atoms with Crippen LogP contribution in [0.5, 0.6) is 5.88 Å². The van der Waals surface area contributed by atoms with Gasteiger partial charge in [-0.05, 0) is 30.9 Å². The maximum absolute atomic E-state index is 11.4. The van der Waals surface area contributed by atoms with Crippen molar-refractivity contribution >= 4 is 5.97 Å². The van der Waals surface area contributed by atoms with E-state index in [1.54, 1.807) is 18.3 Å². The molecule has 0 saturated heterocycles. The summed E-state index contributed by atoms with van der Waals surface area (Å²) in [7, 11) is 1.35. The predicted octanol–water partition coefficient (Wildman–Crippen LogP) is 1.66. The number of hydrogen-bond acceptors (Lipinski definition) is 4. The number of hydrogen-bond donors (Lipinski definition) is 0. The molecule has 15 heavy (non-hydrogen) atoms. The van der Waals surface area contributed by atoms with Crippen molar-refractivity contribution in [3.8, 4) is 5.88 Å². The van der Waals surface area contributed by atoms with Crippen LogP contribution in [-0.2, 0) is 4.74 Å². The minimum atomic E-state index is -0.408. The number of rotatable bonds is 4. The molecule has 0 aliphatic heterocycles. The standard InChI is InChI=1S/C11H13NO3/c1-14-11(13)9-3-2-6-12-10(9)15-7-8-4-5-8/h2-3,6,8H,4-5,7H2,1H3. The van der Waals surface area contributed by atoms with Crippen LogP contribution in [0.3, 0.4) is 0 Å². The van der Waals surface area contributed by atoms with Crippen molar-refractivity contribution in [2.24, 2.45) is 5.92 Å². The second kappa shape index (κ2) is 4.29. The highest BCUT2D eigenvalue weighted by molar-refractivity contribution is 5.91. The normalized spacial score (nSPS) is 14.7. The molecular weight excluding hydrogens is 194 g/mol. The Morgan fingerprint density at radius 3 is 3.07 bits per heavy atom. The van der Waals surface area contributed by atoms with E-state index in [4.69, 9.17) is 4.74 Å². The molecule has 4 heteroatoms. The van der Waals surface area contributed by atoms with Crippen LogP contribution >= 0.6 is 0 Å². The fraction of sp³-hybridized carbons (Fsp3) is 0.455. The van der Waals surface area contributed by atoms with Gasteiger partial charge in [0.15, 0.2) is 0 Å². The van der Waals surface area contributed by atoms with Gasteiger partial charge in [-0.25, -0.2) is 9.78 Å². The summed E-state index contributed by atoms with van der Waals surface area (Å²) in [5, 5.41) is 0. The van der Waals surface area contributed by atoms with Gasteiger partial charge in [0.05, 0.1) is 13.7 Å². The van der Waals surface area contributed by atoms with Crippen molar-refractivity contribution in [2.45, 2.75) is 12.8 Å². The van der Waals surface area contributed by atoms with Gasteiger partial charge in [-0.2, -0.15) is 0 Å². The lowest BCUT2D eigenvalue weighted by molar-refractivity contribution is 0.0594. The molecule has 0 radical (unpaired) electrons. The van der Waals surface area contributed by atoms with Crippen LogP contribution < -0.4 is 4.74 Å². The molecule has 4 nitrogen and oxygen atoms in total. The van der Waals surface area contributed by atoms with Gasteiger partial charge in [0.1, 0.15) is 5.56 Å². The van der Waals surface area contributed by atoms with Crippen LogP contribution in [0.4, 0.5) is 0 Å². The highest BCUT2D eigenvalue weighted by Gasteiger charge is 2.23. The van der Waals surface area contributed by atoms with Crippen LogP contribution in [0.1, 0.15) is 23.2 Å². The van der Waals surface area contributed by atoms with E-state index in [0.717, 1.165) is 0 Å². The predicted molar refractivity (Wildman–Crippen MR) is 53.8 cm³/mol. The summed E-state index contributed by atoms with van der Waals surface area (Å²) < 4.78 is 10.1. The fourth-order valence-corrected chi connectivity index (χ4v) is 1.25. The van der Waals surface area contributed by atoms with Gasteiger partial charge in [0.25, 0.3) is 0 Å². The Morgan fingerprint density at radius 1 is 1.60 bits per heavy atom. The summed E-state index contributed by atoms with van der Waals surface area (Å²) in [5.41, 5.74) is 0.389. The van der Waals surface area contributed by atoms with E-state index in [9.17, 15) is 4.79 Å². The minimum Gasteiger partial charge on any atom is -0.477 e. The second-order valence-corrected chi connectivity index (χ2v) is 3.60. The molecule has 1 aliphatic rings. The molecule has 0 atom stereocenters. The van der Waals surface area contributed by atoms with E-state index in [0.29, 0.717) is 24.0 Å². The molecular formula is C11H13NO3. The second-order valence-electron chi connectivity index (χ2n) is 3.60. The lowest BCUT2D eigenvalue weighted by atomic mass is 10.3. The van der Waals surface area contributed by atoms with Gasteiger partial charge >= 0.3 is 5.97 Å². The molecule has 0 amide bonds. The third kappa shape index (κ3) is 2.46. The Hall–Kier alpha value is -1.58. The molecule has 1 aromatic rings. The van der Waals surface area contributed by atoms with Crippen LogP contribution in [0.15, 0.2) is 18.3 Å². The topological polar surface area (TPSA) is 48.4 Å². The Kier molecular flexibility index (Phi) is 2.85. The lowest BCUT2D eigenvalue weighted by Crippen LogP contribution is -2.08. The molecule has 1 fully saturated rings. The quantitative estimate of drug-likeness (QED) is 0.704. The first-order valence-electron chi connectivity index (χ1n) is 4.97. The van der Waals surface area contributed by atoms with Crippen molar-refractivity contribution in [3.63, 3.8) is 0 Å². The zero-order valence-electron chi connectivity index (χ0n) is 8.60. The molecule has 0 bridgehead atoms. The van der Waals surface area contributed by atoms with Gasteiger partial charge in [0.2, 0.25) is 5.88 Å². The van der Waals surface area contributed by atoms with E-state index in [1.165, 1.54) is 20.0 Å². The van der Waals surface area contributed by atoms with Gasteiger partial charge in [-0.3, -0.25) is 0 Å². The first kappa shape index (κ1) is 9.96. The Labute approximate surface area is 88.2 Å². The van der Waals surface area contributed by atoms with E-state index < -0.39 is 5.97 Å². The van der Waals surface area contributed by atoms with Crippen molar-refractivity contribution in [3.05, 3.63) is 23.9 Å². The first-order chi connectivity index (χ1) is 7.31. The van der Waals surface area contributed by atoms with Crippen molar-refractivity contribution < 1.29 is 14.3 Å². The maximum atomic E-state index is 11.4. The van der Waals surface area contributed by atoms with E-state index in [1.807, 2.05) is 0 Å². The molecule has 0 aromatic carbocycles. The fourth-order valence-electron chi connectivity index (χ4n) is 1.25. The zero-order chi connectivity index (χ0) is 10.7. The molecule has 1 heterocycles. The Balaban J connectivity index is 2.09. The van der Waals surface area contributed by atoms with Gasteiger partial charge in [-0.1, -0.05) is 0 Å². The third-order valence-corrected chi connectivity index (χ3v) is 2.33. The number of esters is 1. The smallest absolute Gasteiger partial charge is 0.343 e. The SMILES string of the molecule is COC(=O)c1cccnc1OCC1CC1. The summed E-state index contributed by atoms with van der Waals surface area (Å²) in [4.78, 5) is 15.4. The van der Waals surface area contributed by atoms with E-state index >= 15 is 0 Å². The van der Waals surface area contributed by atoms with Crippen molar-refractivity contribution in [1.82, 2.24) is 4.98 Å². The third-order valence-electron chi connectivity index (χ3n) is 2.33. The van der Waals surface area contributed by atoms with Gasteiger partial charge in [0, 0.05) is 6.20 Å². The van der Waals surface area contributed by atoms with E-state index in [-0.39, 0.29) is 0 Å². The van der Waals surface area contributed by atoms with Crippen LogP contribution in [0, 0.1) is 5.92 Å². The first-order valence-corrected chi connectivity index (χ1v) is 4.97. The summed E-state index contributed by atoms with van der Waals surface area (Å²) in [6.07, 6.45) is 4.02. The highest BCUT2D eigenvalue weighted by atomic mass is 16.5. The number of aromatic nitrogens is 1. The molecule has 1 aromatic heterocycles. The number of methoxy groups -OCH3 is 1. The summed E-state index contributed by atoms with van der Waals surface area (Å²) in [6.45, 7) is 0.640. The van der Waals surface area contributed by atoms with Crippen molar-refractivity contribution in [1.29, 1.82) is 0 Å². The summed E-state index contributed by atoms with van der Waals surface area (Å²) >= 11 is 0. The van der Waals surface area contributed by atoms with Crippen LogP contribution in [0.2, 0.25) is 0 Å². The average molecular weight is 207 g/mol.